The van der Waals surface area contributed by atoms with Gasteiger partial charge in [0, 0.05) is 25.1 Å². The zero-order valence-corrected chi connectivity index (χ0v) is 15.0. The van der Waals surface area contributed by atoms with E-state index in [2.05, 4.69) is 25.0 Å². The number of halogens is 1. The molecular weight excluding hydrogens is 357 g/mol. The molecule has 4 aromatic rings. The van der Waals surface area contributed by atoms with Crippen molar-refractivity contribution < 1.29 is 8.91 Å². The molecule has 1 N–H and O–H groups in total. The Hall–Kier alpha value is -3.32. The van der Waals surface area contributed by atoms with Gasteiger partial charge < -0.3 is 9.51 Å². The van der Waals surface area contributed by atoms with Gasteiger partial charge >= 0.3 is 0 Å². The SMILES string of the molecule is Fc1ccc(CN2Cc3[nH]cnc3C[C@H]2c2nc(-c3ccccc3)no2)cc1. The normalized spacial score (nSPS) is 16.8. The number of hydrogen-bond acceptors (Lipinski definition) is 5. The van der Waals surface area contributed by atoms with Crippen molar-refractivity contribution in [3.63, 3.8) is 0 Å². The molecule has 0 radical (unpaired) electrons. The zero-order valence-electron chi connectivity index (χ0n) is 15.0. The summed E-state index contributed by atoms with van der Waals surface area (Å²) in [5.41, 5.74) is 4.04. The molecular formula is C21H18FN5O. The molecule has 2 aromatic heterocycles. The van der Waals surface area contributed by atoms with Crippen LogP contribution >= 0.6 is 0 Å². The predicted octanol–water partition coefficient (Wildman–Crippen LogP) is 3.90. The molecule has 2 aromatic carbocycles. The van der Waals surface area contributed by atoms with E-state index in [1.165, 1.54) is 12.1 Å². The van der Waals surface area contributed by atoms with E-state index in [4.69, 9.17) is 4.52 Å². The minimum absolute atomic E-state index is 0.0918. The zero-order chi connectivity index (χ0) is 18.9. The van der Waals surface area contributed by atoms with Crippen molar-refractivity contribution in [3.8, 4) is 11.4 Å². The molecule has 1 aliphatic rings. The van der Waals surface area contributed by atoms with Crippen LogP contribution in [0.15, 0.2) is 65.4 Å². The third-order valence-electron chi connectivity index (χ3n) is 5.05. The first-order chi connectivity index (χ1) is 13.8. The number of fused-ring (bicyclic) bond motifs is 1. The molecule has 28 heavy (non-hydrogen) atoms. The van der Waals surface area contributed by atoms with Gasteiger partial charge in [-0.3, -0.25) is 4.90 Å². The Morgan fingerprint density at radius 3 is 2.75 bits per heavy atom. The topological polar surface area (TPSA) is 70.8 Å². The summed E-state index contributed by atoms with van der Waals surface area (Å²) in [7, 11) is 0. The fourth-order valence-electron chi connectivity index (χ4n) is 3.60. The second-order valence-corrected chi connectivity index (χ2v) is 6.90. The van der Waals surface area contributed by atoms with Crippen molar-refractivity contribution in [2.45, 2.75) is 25.6 Å². The predicted molar refractivity (Wildman–Crippen MR) is 100 cm³/mol. The van der Waals surface area contributed by atoms with Crippen molar-refractivity contribution in [2.75, 3.05) is 0 Å². The lowest BCUT2D eigenvalue weighted by Crippen LogP contribution is -2.34. The summed E-state index contributed by atoms with van der Waals surface area (Å²) in [4.78, 5) is 14.5. The van der Waals surface area contributed by atoms with E-state index in [9.17, 15) is 4.39 Å². The fourth-order valence-corrected chi connectivity index (χ4v) is 3.60. The Kier molecular flexibility index (Phi) is 4.21. The largest absolute Gasteiger partial charge is 0.347 e. The number of nitrogens with one attached hydrogen (secondary N) is 1. The molecule has 0 amide bonds. The Balaban J connectivity index is 1.46. The van der Waals surface area contributed by atoms with Crippen molar-refractivity contribution in [3.05, 3.63) is 89.6 Å². The molecule has 0 saturated heterocycles. The van der Waals surface area contributed by atoms with Crippen LogP contribution in [0.5, 0.6) is 0 Å². The third kappa shape index (κ3) is 3.20. The average molecular weight is 375 g/mol. The van der Waals surface area contributed by atoms with Crippen molar-refractivity contribution >= 4 is 0 Å². The van der Waals surface area contributed by atoms with Gasteiger partial charge in [-0.15, -0.1) is 0 Å². The number of H-pyrrole nitrogens is 1. The number of aromatic amines is 1. The van der Waals surface area contributed by atoms with Crippen LogP contribution in [0.3, 0.4) is 0 Å². The lowest BCUT2D eigenvalue weighted by atomic mass is 10.0. The van der Waals surface area contributed by atoms with Gasteiger partial charge in [0.1, 0.15) is 5.82 Å². The van der Waals surface area contributed by atoms with Crippen LogP contribution in [0.4, 0.5) is 4.39 Å². The summed E-state index contributed by atoms with van der Waals surface area (Å²) in [6.07, 6.45) is 2.39. The number of benzene rings is 2. The van der Waals surface area contributed by atoms with Crippen LogP contribution in [-0.2, 0) is 19.5 Å². The Labute approximate surface area is 161 Å². The molecule has 5 rings (SSSR count). The standard InChI is InChI=1S/C21H18FN5O/c22-16-8-6-14(7-9-16)11-27-12-18-17(23-13-24-18)10-19(27)21-25-20(26-28-21)15-4-2-1-3-5-15/h1-9,13,19H,10-12H2,(H,23,24)/t19-/m0/s1. The quantitative estimate of drug-likeness (QED) is 0.586. The average Bonchev–Trinajstić information content (AvgIpc) is 3.39. The molecule has 0 unspecified atom stereocenters. The van der Waals surface area contributed by atoms with E-state index in [0.29, 0.717) is 31.2 Å². The highest BCUT2D eigenvalue weighted by Gasteiger charge is 2.33. The molecule has 7 heteroatoms. The van der Waals surface area contributed by atoms with Gasteiger partial charge in [0.25, 0.3) is 0 Å². The Morgan fingerprint density at radius 1 is 1.11 bits per heavy atom. The maximum atomic E-state index is 13.3. The number of rotatable bonds is 4. The summed E-state index contributed by atoms with van der Waals surface area (Å²) >= 11 is 0. The van der Waals surface area contributed by atoms with Crippen molar-refractivity contribution in [2.24, 2.45) is 0 Å². The van der Waals surface area contributed by atoms with Gasteiger partial charge in [-0.25, -0.2) is 9.37 Å². The van der Waals surface area contributed by atoms with Crippen LogP contribution in [-0.4, -0.2) is 25.0 Å². The van der Waals surface area contributed by atoms with Gasteiger partial charge in [-0.2, -0.15) is 4.98 Å². The van der Waals surface area contributed by atoms with Gasteiger partial charge in [0.15, 0.2) is 0 Å². The first-order valence-corrected chi connectivity index (χ1v) is 9.15. The van der Waals surface area contributed by atoms with Crippen LogP contribution < -0.4 is 0 Å². The maximum Gasteiger partial charge on any atom is 0.244 e. The number of nitrogens with zero attached hydrogens (tertiary/aromatic N) is 4. The van der Waals surface area contributed by atoms with Gasteiger partial charge in [0.2, 0.25) is 11.7 Å². The summed E-state index contributed by atoms with van der Waals surface area (Å²) in [6, 6.07) is 16.2. The Bertz CT molecular complexity index is 1070. The molecule has 140 valence electrons. The first kappa shape index (κ1) is 16.8. The highest BCUT2D eigenvalue weighted by atomic mass is 19.1. The number of imidazole rings is 1. The van der Waals surface area contributed by atoms with Crippen LogP contribution in [0, 0.1) is 5.82 Å². The lowest BCUT2D eigenvalue weighted by molar-refractivity contribution is 0.128. The minimum Gasteiger partial charge on any atom is -0.347 e. The van der Waals surface area contributed by atoms with Gasteiger partial charge in [-0.1, -0.05) is 47.6 Å². The van der Waals surface area contributed by atoms with E-state index >= 15 is 0 Å². The smallest absolute Gasteiger partial charge is 0.244 e. The highest BCUT2D eigenvalue weighted by molar-refractivity contribution is 5.53. The molecule has 6 nitrogen and oxygen atoms in total. The summed E-state index contributed by atoms with van der Waals surface area (Å²) in [5, 5.41) is 4.17. The lowest BCUT2D eigenvalue weighted by Gasteiger charge is -2.32. The first-order valence-electron chi connectivity index (χ1n) is 9.15. The second-order valence-electron chi connectivity index (χ2n) is 6.90. The third-order valence-corrected chi connectivity index (χ3v) is 5.05. The second kappa shape index (κ2) is 7.01. The highest BCUT2D eigenvalue weighted by Crippen LogP contribution is 2.33. The van der Waals surface area contributed by atoms with Gasteiger partial charge in [-0.05, 0) is 17.7 Å². The van der Waals surface area contributed by atoms with E-state index in [0.717, 1.165) is 22.5 Å². The van der Waals surface area contributed by atoms with Crippen LogP contribution in [0.25, 0.3) is 11.4 Å². The molecule has 0 saturated carbocycles. The molecule has 0 fully saturated rings. The minimum atomic E-state index is -0.237. The number of hydrogen-bond donors (Lipinski definition) is 1. The molecule has 1 aliphatic heterocycles. The van der Waals surface area contributed by atoms with Crippen LogP contribution in [0.2, 0.25) is 0 Å². The molecule has 1 atom stereocenters. The molecule has 0 aliphatic carbocycles. The van der Waals surface area contributed by atoms with Crippen molar-refractivity contribution in [1.29, 1.82) is 0 Å². The molecule has 0 bridgehead atoms. The van der Waals surface area contributed by atoms with E-state index in [-0.39, 0.29) is 11.9 Å². The fraction of sp³-hybridized carbons (Fsp3) is 0.190. The van der Waals surface area contributed by atoms with E-state index in [1.807, 2.05) is 30.3 Å². The summed E-state index contributed by atoms with van der Waals surface area (Å²) < 4.78 is 18.9. The molecule has 0 spiro atoms. The van der Waals surface area contributed by atoms with E-state index < -0.39 is 0 Å². The summed E-state index contributed by atoms with van der Waals surface area (Å²) in [6.45, 7) is 1.33. The number of aromatic nitrogens is 4. The van der Waals surface area contributed by atoms with Crippen LogP contribution in [0.1, 0.15) is 28.9 Å². The summed E-state index contributed by atoms with van der Waals surface area (Å²) in [5.74, 6) is 0.902. The van der Waals surface area contributed by atoms with Gasteiger partial charge in [0.05, 0.1) is 23.8 Å². The maximum absolute atomic E-state index is 13.3. The van der Waals surface area contributed by atoms with Crippen molar-refractivity contribution in [1.82, 2.24) is 25.0 Å². The monoisotopic (exact) mass is 375 g/mol. The molecule has 3 heterocycles. The Morgan fingerprint density at radius 2 is 1.93 bits per heavy atom. The van der Waals surface area contributed by atoms with E-state index in [1.54, 1.807) is 18.5 Å².